The van der Waals surface area contributed by atoms with Crippen LogP contribution < -0.4 is 4.74 Å². The minimum Gasteiger partial charge on any atom is -0.490 e. The van der Waals surface area contributed by atoms with E-state index in [9.17, 15) is 14.7 Å². The molecule has 0 fully saturated rings. The lowest BCUT2D eigenvalue weighted by atomic mass is 10.00. The highest BCUT2D eigenvalue weighted by Gasteiger charge is 2.19. The van der Waals surface area contributed by atoms with Crippen LogP contribution in [0.15, 0.2) is 67.3 Å². The Kier molecular flexibility index (Phi) is 6.48. The van der Waals surface area contributed by atoms with Crippen molar-refractivity contribution in [3.63, 3.8) is 0 Å². The molecule has 0 aliphatic rings. The number of carbonyl (C=O) groups excluding carboxylic acids is 2. The second-order valence-corrected chi connectivity index (χ2v) is 5.46. The van der Waals surface area contributed by atoms with E-state index in [0.717, 1.165) is 6.08 Å². The predicted octanol–water partition coefficient (Wildman–Crippen LogP) is 3.10. The third kappa shape index (κ3) is 5.29. The van der Waals surface area contributed by atoms with Crippen LogP contribution in [0.4, 0.5) is 0 Å². The lowest BCUT2D eigenvalue weighted by Crippen LogP contribution is -2.20. The topological polar surface area (TPSA) is 72.8 Å². The van der Waals surface area contributed by atoms with Crippen LogP contribution in [0.1, 0.15) is 28.9 Å². The van der Waals surface area contributed by atoms with E-state index in [2.05, 4.69) is 6.58 Å². The van der Waals surface area contributed by atoms with Gasteiger partial charge in [-0.05, 0) is 24.6 Å². The lowest BCUT2D eigenvalue weighted by Gasteiger charge is -2.14. The minimum absolute atomic E-state index is 0.185. The van der Waals surface area contributed by atoms with Gasteiger partial charge < -0.3 is 14.6 Å². The Balaban J connectivity index is 1.94. The Morgan fingerprint density at radius 2 is 1.76 bits per heavy atom. The van der Waals surface area contributed by atoms with Crippen molar-refractivity contribution < 1.29 is 24.2 Å². The molecule has 2 aromatic rings. The van der Waals surface area contributed by atoms with E-state index in [1.165, 1.54) is 0 Å². The van der Waals surface area contributed by atoms with E-state index < -0.39 is 18.2 Å². The Labute approximate surface area is 146 Å². The molecule has 1 N–H and O–H groups in total. The molecule has 0 heterocycles. The Bertz CT molecular complexity index is 722. The number of Topliss-reactive ketones (excluding diaryl/α,β-unsaturated/α-hetero) is 1. The molecule has 5 nitrogen and oxygen atoms in total. The van der Waals surface area contributed by atoms with E-state index in [1.807, 2.05) is 6.07 Å². The standard InChI is InChI=1S/C20H20O5/c1-3-18(21)25-14(2)13-24-17-11-9-16(10-12-17)20(23)19(22)15-7-5-4-6-8-15/h3-12,14,20,23H,1,13H2,2H3. The second kappa shape index (κ2) is 8.80. The molecule has 0 saturated heterocycles. The maximum absolute atomic E-state index is 12.2. The van der Waals surface area contributed by atoms with Gasteiger partial charge in [0.15, 0.2) is 5.78 Å². The molecule has 0 saturated carbocycles. The van der Waals surface area contributed by atoms with Gasteiger partial charge in [0.25, 0.3) is 0 Å². The highest BCUT2D eigenvalue weighted by Crippen LogP contribution is 2.21. The summed E-state index contributed by atoms with van der Waals surface area (Å²) in [6, 6.07) is 15.2. The molecule has 0 aliphatic carbocycles. The van der Waals surface area contributed by atoms with Gasteiger partial charge in [-0.15, -0.1) is 0 Å². The molecule has 2 rings (SSSR count). The second-order valence-electron chi connectivity index (χ2n) is 5.46. The molecule has 0 bridgehead atoms. The maximum atomic E-state index is 12.2. The molecule has 0 radical (unpaired) electrons. The van der Waals surface area contributed by atoms with Crippen LogP contribution in [-0.2, 0) is 9.53 Å². The van der Waals surface area contributed by atoms with Crippen molar-refractivity contribution in [2.45, 2.75) is 19.1 Å². The van der Waals surface area contributed by atoms with E-state index >= 15 is 0 Å². The summed E-state index contributed by atoms with van der Waals surface area (Å²) < 4.78 is 10.5. The Morgan fingerprint density at radius 3 is 2.36 bits per heavy atom. The first-order chi connectivity index (χ1) is 12.0. The van der Waals surface area contributed by atoms with E-state index in [-0.39, 0.29) is 12.4 Å². The lowest BCUT2D eigenvalue weighted by molar-refractivity contribution is -0.143. The summed E-state index contributed by atoms with van der Waals surface area (Å²) in [5.41, 5.74) is 0.931. The molecule has 130 valence electrons. The molecule has 2 atom stereocenters. The number of ether oxygens (including phenoxy) is 2. The van der Waals surface area contributed by atoms with Gasteiger partial charge in [-0.25, -0.2) is 4.79 Å². The molecular weight excluding hydrogens is 320 g/mol. The summed E-state index contributed by atoms with van der Waals surface area (Å²) >= 11 is 0. The highest BCUT2D eigenvalue weighted by molar-refractivity contribution is 5.99. The summed E-state index contributed by atoms with van der Waals surface area (Å²) in [5.74, 6) is -0.321. The van der Waals surface area contributed by atoms with E-state index in [1.54, 1.807) is 55.5 Å². The molecule has 0 amide bonds. The number of esters is 1. The van der Waals surface area contributed by atoms with Gasteiger partial charge >= 0.3 is 5.97 Å². The average molecular weight is 340 g/mol. The van der Waals surface area contributed by atoms with Crippen molar-refractivity contribution in [3.8, 4) is 5.75 Å². The van der Waals surface area contributed by atoms with Crippen molar-refractivity contribution in [2.75, 3.05) is 6.61 Å². The molecule has 0 aromatic heterocycles. The predicted molar refractivity (Wildman–Crippen MR) is 93.4 cm³/mol. The normalized spacial score (nSPS) is 12.7. The molecule has 0 aliphatic heterocycles. The number of aliphatic hydroxyl groups is 1. The number of hydrogen-bond donors (Lipinski definition) is 1. The summed E-state index contributed by atoms with van der Waals surface area (Å²) in [4.78, 5) is 23.3. The Hall–Kier alpha value is -2.92. The summed E-state index contributed by atoms with van der Waals surface area (Å²) in [7, 11) is 0. The number of rotatable bonds is 8. The van der Waals surface area contributed by atoms with Crippen LogP contribution in [0.25, 0.3) is 0 Å². The Morgan fingerprint density at radius 1 is 1.12 bits per heavy atom. The highest BCUT2D eigenvalue weighted by atomic mass is 16.6. The van der Waals surface area contributed by atoms with Gasteiger partial charge in [0.1, 0.15) is 24.6 Å². The third-order valence-electron chi connectivity index (χ3n) is 3.47. The number of carbonyl (C=O) groups is 2. The van der Waals surface area contributed by atoms with Gasteiger partial charge in [0, 0.05) is 11.6 Å². The van der Waals surface area contributed by atoms with Crippen LogP contribution >= 0.6 is 0 Å². The molecular formula is C20H20O5. The van der Waals surface area contributed by atoms with E-state index in [4.69, 9.17) is 9.47 Å². The zero-order valence-corrected chi connectivity index (χ0v) is 13.9. The molecule has 25 heavy (non-hydrogen) atoms. The van der Waals surface area contributed by atoms with Crippen molar-refractivity contribution in [1.29, 1.82) is 0 Å². The van der Waals surface area contributed by atoms with Gasteiger partial charge in [-0.1, -0.05) is 49.0 Å². The number of aliphatic hydroxyl groups excluding tert-OH is 1. The fourth-order valence-corrected chi connectivity index (χ4v) is 2.15. The fourth-order valence-electron chi connectivity index (χ4n) is 2.15. The first-order valence-corrected chi connectivity index (χ1v) is 7.84. The maximum Gasteiger partial charge on any atom is 0.330 e. The van der Waals surface area contributed by atoms with Crippen LogP contribution in [0.5, 0.6) is 5.75 Å². The minimum atomic E-state index is -1.23. The first kappa shape index (κ1) is 18.4. The first-order valence-electron chi connectivity index (χ1n) is 7.84. The molecule has 2 aromatic carbocycles. The zero-order chi connectivity index (χ0) is 18.2. The number of hydrogen-bond acceptors (Lipinski definition) is 5. The third-order valence-corrected chi connectivity index (χ3v) is 3.47. The van der Waals surface area contributed by atoms with Crippen LogP contribution in [0.2, 0.25) is 0 Å². The van der Waals surface area contributed by atoms with Crippen molar-refractivity contribution in [3.05, 3.63) is 78.4 Å². The van der Waals surface area contributed by atoms with Crippen LogP contribution in [0, 0.1) is 0 Å². The molecule has 2 unspecified atom stereocenters. The van der Waals surface area contributed by atoms with Crippen LogP contribution in [0.3, 0.4) is 0 Å². The van der Waals surface area contributed by atoms with Gasteiger partial charge in [0.2, 0.25) is 0 Å². The zero-order valence-electron chi connectivity index (χ0n) is 13.9. The van der Waals surface area contributed by atoms with E-state index in [0.29, 0.717) is 16.9 Å². The van der Waals surface area contributed by atoms with Gasteiger partial charge in [-0.3, -0.25) is 4.79 Å². The smallest absolute Gasteiger partial charge is 0.330 e. The monoisotopic (exact) mass is 340 g/mol. The van der Waals surface area contributed by atoms with Gasteiger partial charge in [-0.2, -0.15) is 0 Å². The van der Waals surface area contributed by atoms with Crippen molar-refractivity contribution in [1.82, 2.24) is 0 Å². The van der Waals surface area contributed by atoms with Gasteiger partial charge in [0.05, 0.1) is 0 Å². The number of ketones is 1. The summed E-state index contributed by atoms with van der Waals surface area (Å²) in [6.45, 7) is 5.22. The quantitative estimate of drug-likeness (QED) is 0.454. The summed E-state index contributed by atoms with van der Waals surface area (Å²) in [6.07, 6.45) is -0.560. The molecule has 0 spiro atoms. The summed E-state index contributed by atoms with van der Waals surface area (Å²) in [5, 5.41) is 10.2. The van der Waals surface area contributed by atoms with Crippen molar-refractivity contribution >= 4 is 11.8 Å². The SMILES string of the molecule is C=CC(=O)OC(C)COc1ccc(C(O)C(=O)c2ccccc2)cc1. The average Bonchev–Trinajstić information content (AvgIpc) is 2.66. The van der Waals surface area contributed by atoms with Crippen molar-refractivity contribution in [2.24, 2.45) is 0 Å². The van der Waals surface area contributed by atoms with Crippen LogP contribution in [-0.4, -0.2) is 29.6 Å². The molecule has 5 heteroatoms. The fraction of sp³-hybridized carbons (Fsp3) is 0.200. The number of benzene rings is 2. The largest absolute Gasteiger partial charge is 0.490 e.